The smallest absolute Gasteiger partial charge is 0.378 e. The van der Waals surface area contributed by atoms with Gasteiger partial charge in [0.15, 0.2) is 0 Å². The molecule has 3 atom stereocenters. The third-order valence-electron chi connectivity index (χ3n) is 6.60. The lowest BCUT2D eigenvalue weighted by Gasteiger charge is -2.38. The first-order valence-electron chi connectivity index (χ1n) is 12.5. The minimum atomic E-state index is -3.48. The highest BCUT2D eigenvalue weighted by atomic mass is 31.2. The van der Waals surface area contributed by atoms with Crippen LogP contribution in [0.4, 0.5) is 0 Å². The number of aryl methyl sites for hydroxylation is 1. The minimum absolute atomic E-state index is 0.0644. The van der Waals surface area contributed by atoms with Crippen LogP contribution in [-0.2, 0) is 25.0 Å². The first-order valence-corrected chi connectivity index (χ1v) is 14.2. The Morgan fingerprint density at radius 1 is 1.24 bits per heavy atom. The Kier molecular flexibility index (Phi) is 9.44. The van der Waals surface area contributed by atoms with Crippen molar-refractivity contribution >= 4 is 13.6 Å². The molecule has 1 aromatic rings. The second-order valence-corrected chi connectivity index (χ2v) is 11.4. The van der Waals surface area contributed by atoms with Crippen molar-refractivity contribution in [3.05, 3.63) is 47.2 Å². The summed E-state index contributed by atoms with van der Waals surface area (Å²) in [4.78, 5) is 11.7. The third kappa shape index (κ3) is 6.55. The van der Waals surface area contributed by atoms with Crippen molar-refractivity contribution in [1.82, 2.24) is 0 Å². The maximum Gasteiger partial charge on any atom is 0.378 e. The second kappa shape index (κ2) is 12.1. The van der Waals surface area contributed by atoms with E-state index in [1.165, 1.54) is 12.7 Å². The van der Waals surface area contributed by atoms with Crippen molar-refractivity contribution in [2.45, 2.75) is 78.1 Å². The Hall–Kier alpha value is -2.04. The van der Waals surface area contributed by atoms with E-state index in [1.807, 2.05) is 6.07 Å². The monoisotopic (exact) mass is 490 g/mol. The molecule has 1 aromatic carbocycles. The van der Waals surface area contributed by atoms with Crippen molar-refractivity contribution < 1.29 is 27.9 Å². The number of allylic oxidation sites excluding steroid dienone is 3. The number of fused-ring (bicyclic) bond motifs is 3. The summed E-state index contributed by atoms with van der Waals surface area (Å²) in [6.45, 7) is 10.6. The number of rotatable bonds is 12. The van der Waals surface area contributed by atoms with E-state index < -0.39 is 7.60 Å². The van der Waals surface area contributed by atoms with Crippen LogP contribution in [0.2, 0.25) is 0 Å². The summed E-state index contributed by atoms with van der Waals surface area (Å²) in [7, 11) is -2.08. The summed E-state index contributed by atoms with van der Waals surface area (Å²) in [5, 5.41) is 0. The van der Waals surface area contributed by atoms with Crippen molar-refractivity contribution in [3.63, 3.8) is 0 Å². The zero-order chi connectivity index (χ0) is 24.7. The Balaban J connectivity index is 1.94. The highest BCUT2D eigenvalue weighted by Gasteiger charge is 2.39. The predicted octanol–water partition coefficient (Wildman–Crippen LogP) is 7.33. The number of hydrogen-bond donors (Lipinski definition) is 0. The van der Waals surface area contributed by atoms with Crippen LogP contribution in [0.1, 0.15) is 82.8 Å². The lowest BCUT2D eigenvalue weighted by molar-refractivity contribution is -0.143. The van der Waals surface area contributed by atoms with Gasteiger partial charge in [-0.1, -0.05) is 38.0 Å². The van der Waals surface area contributed by atoms with Gasteiger partial charge in [-0.05, 0) is 63.6 Å². The van der Waals surface area contributed by atoms with E-state index in [1.54, 1.807) is 6.92 Å². The van der Waals surface area contributed by atoms with Crippen LogP contribution >= 0.6 is 7.60 Å². The molecule has 188 valence electrons. The van der Waals surface area contributed by atoms with Crippen LogP contribution in [0.5, 0.6) is 11.5 Å². The fourth-order valence-corrected chi connectivity index (χ4v) is 6.12. The van der Waals surface area contributed by atoms with Crippen LogP contribution in [0.15, 0.2) is 36.1 Å². The first kappa shape index (κ1) is 26.6. The molecule has 3 unspecified atom stereocenters. The lowest BCUT2D eigenvalue weighted by atomic mass is 9.74. The molecule has 0 N–H and O–H groups in total. The van der Waals surface area contributed by atoms with Gasteiger partial charge in [0.1, 0.15) is 17.3 Å². The number of benzene rings is 1. The molecule has 1 aliphatic carbocycles. The van der Waals surface area contributed by atoms with Gasteiger partial charge in [-0.3, -0.25) is 4.79 Å². The molecule has 0 bridgehead atoms. The Morgan fingerprint density at radius 2 is 2.03 bits per heavy atom. The maximum absolute atomic E-state index is 13.6. The SMILES string of the molecule is C=C1Oc2cc(CCCCC)cc(OP(=O)(CCCC(=O)OCC)OC)c2C2C=C(C)CCC12. The maximum atomic E-state index is 13.6. The highest BCUT2D eigenvalue weighted by molar-refractivity contribution is 7.54. The van der Waals surface area contributed by atoms with Crippen molar-refractivity contribution in [2.24, 2.45) is 5.92 Å². The zero-order valence-electron chi connectivity index (χ0n) is 21.1. The average molecular weight is 491 g/mol. The van der Waals surface area contributed by atoms with Gasteiger partial charge in [-0.2, -0.15) is 0 Å². The normalized spacial score (nSPS) is 20.9. The van der Waals surface area contributed by atoms with Crippen LogP contribution in [0.25, 0.3) is 0 Å². The van der Waals surface area contributed by atoms with E-state index in [0.717, 1.165) is 61.2 Å². The predicted molar refractivity (Wildman–Crippen MR) is 135 cm³/mol. The standard InChI is InChI=1S/C27H39O6P/c1-6-8-9-11-21-17-24-27(23-16-19(3)13-14-22(23)20(4)32-24)25(18-21)33-34(29,30-5)15-10-12-26(28)31-7-2/h16-18,22-23H,4,6-15H2,1-3,5H3. The van der Waals surface area contributed by atoms with E-state index in [0.29, 0.717) is 18.8 Å². The van der Waals surface area contributed by atoms with Gasteiger partial charge in [0, 0.05) is 30.9 Å². The van der Waals surface area contributed by atoms with E-state index >= 15 is 0 Å². The van der Waals surface area contributed by atoms with Gasteiger partial charge in [0.05, 0.1) is 12.8 Å². The van der Waals surface area contributed by atoms with Crippen molar-refractivity contribution in [1.29, 1.82) is 0 Å². The first-order chi connectivity index (χ1) is 16.3. The number of carbonyl (C=O) groups excluding carboxylic acids is 1. The van der Waals surface area contributed by atoms with E-state index in [2.05, 4.69) is 32.6 Å². The van der Waals surface area contributed by atoms with E-state index in [9.17, 15) is 9.36 Å². The summed E-state index contributed by atoms with van der Waals surface area (Å²) < 4.78 is 36.4. The number of unbranched alkanes of at least 4 members (excludes halogenated alkanes) is 2. The molecule has 0 saturated carbocycles. The van der Waals surface area contributed by atoms with Crippen LogP contribution in [0.3, 0.4) is 0 Å². The molecule has 0 saturated heterocycles. The van der Waals surface area contributed by atoms with Crippen molar-refractivity contribution in [3.8, 4) is 11.5 Å². The molecular weight excluding hydrogens is 451 g/mol. The lowest BCUT2D eigenvalue weighted by Crippen LogP contribution is -2.26. The fourth-order valence-electron chi connectivity index (χ4n) is 4.77. The summed E-state index contributed by atoms with van der Waals surface area (Å²) in [6.07, 6.45) is 9.12. The number of carbonyl (C=O) groups is 1. The number of hydrogen-bond acceptors (Lipinski definition) is 6. The van der Waals surface area contributed by atoms with E-state index in [4.69, 9.17) is 18.5 Å². The van der Waals surface area contributed by atoms with E-state index in [-0.39, 0.29) is 30.4 Å². The molecule has 2 aliphatic rings. The average Bonchev–Trinajstić information content (AvgIpc) is 2.79. The molecule has 34 heavy (non-hydrogen) atoms. The molecule has 6 nitrogen and oxygen atoms in total. The zero-order valence-corrected chi connectivity index (χ0v) is 22.0. The molecule has 7 heteroatoms. The topological polar surface area (TPSA) is 71.1 Å². The molecule has 0 fully saturated rings. The molecule has 1 heterocycles. The molecule has 1 aliphatic heterocycles. The van der Waals surface area contributed by atoms with Gasteiger partial charge < -0.3 is 18.5 Å². The largest absolute Gasteiger partial charge is 0.466 e. The molecule has 0 aromatic heterocycles. The Morgan fingerprint density at radius 3 is 2.74 bits per heavy atom. The summed E-state index contributed by atoms with van der Waals surface area (Å²) >= 11 is 0. The Labute approximate surface area is 204 Å². The molecule has 0 amide bonds. The molecule has 0 spiro atoms. The van der Waals surface area contributed by atoms with Gasteiger partial charge in [-0.15, -0.1) is 0 Å². The quantitative estimate of drug-likeness (QED) is 0.132. The summed E-state index contributed by atoms with van der Waals surface area (Å²) in [5.74, 6) is 1.99. The van der Waals surface area contributed by atoms with Crippen molar-refractivity contribution in [2.75, 3.05) is 19.9 Å². The number of ether oxygens (including phenoxy) is 2. The van der Waals surface area contributed by atoms with Crippen LogP contribution in [0, 0.1) is 5.92 Å². The van der Waals surface area contributed by atoms with Gasteiger partial charge in [0.2, 0.25) is 0 Å². The van der Waals surface area contributed by atoms with Gasteiger partial charge in [-0.25, -0.2) is 4.57 Å². The summed E-state index contributed by atoms with van der Waals surface area (Å²) in [6, 6.07) is 4.08. The molecule has 0 radical (unpaired) electrons. The molecular formula is C27H39O6P. The Bertz CT molecular complexity index is 966. The van der Waals surface area contributed by atoms with Gasteiger partial charge >= 0.3 is 13.6 Å². The fraction of sp³-hybridized carbons (Fsp3) is 0.593. The second-order valence-electron chi connectivity index (χ2n) is 9.23. The third-order valence-corrected chi connectivity index (χ3v) is 8.50. The van der Waals surface area contributed by atoms with Crippen LogP contribution < -0.4 is 9.26 Å². The highest BCUT2D eigenvalue weighted by Crippen LogP contribution is 2.56. The number of esters is 1. The van der Waals surface area contributed by atoms with Crippen LogP contribution in [-0.4, -0.2) is 25.8 Å². The molecule has 3 rings (SSSR count). The minimum Gasteiger partial charge on any atom is -0.466 e. The van der Waals surface area contributed by atoms with Gasteiger partial charge in [0.25, 0.3) is 0 Å². The summed E-state index contributed by atoms with van der Waals surface area (Å²) in [5.41, 5.74) is 3.32.